The Labute approximate surface area is 130 Å². The number of hydrogen-bond acceptors (Lipinski definition) is 2. The third kappa shape index (κ3) is 4.82. The smallest absolute Gasteiger partial charge is 0.128 e. The first-order valence-corrected chi connectivity index (χ1v) is 7.15. The molecule has 2 aromatic carbocycles. The van der Waals surface area contributed by atoms with E-state index in [4.69, 9.17) is 16.3 Å². The van der Waals surface area contributed by atoms with Crippen molar-refractivity contribution in [3.63, 3.8) is 0 Å². The SMILES string of the molecule is CC(C)C(O)C#Cc1cccc(Oc2ccc(Cl)cc2)c1. The normalized spacial score (nSPS) is 11.7. The van der Waals surface area contributed by atoms with Gasteiger partial charge in [-0.1, -0.05) is 43.4 Å². The molecule has 0 bridgehead atoms. The lowest BCUT2D eigenvalue weighted by Gasteiger charge is -2.07. The molecule has 0 aliphatic carbocycles. The number of halogens is 1. The Kier molecular flexibility index (Phi) is 5.27. The van der Waals surface area contributed by atoms with Crippen molar-refractivity contribution >= 4 is 11.6 Å². The lowest BCUT2D eigenvalue weighted by atomic mass is 10.1. The molecule has 21 heavy (non-hydrogen) atoms. The predicted octanol–water partition coefficient (Wildman–Crippen LogP) is 4.50. The van der Waals surface area contributed by atoms with Gasteiger partial charge in [-0.05, 0) is 48.4 Å². The van der Waals surface area contributed by atoms with Gasteiger partial charge in [0.15, 0.2) is 0 Å². The lowest BCUT2D eigenvalue weighted by molar-refractivity contribution is 0.181. The molecular formula is C18H17ClO2. The Balaban J connectivity index is 2.12. The zero-order valence-corrected chi connectivity index (χ0v) is 12.8. The summed E-state index contributed by atoms with van der Waals surface area (Å²) in [7, 11) is 0. The fourth-order valence-electron chi connectivity index (χ4n) is 1.60. The highest BCUT2D eigenvalue weighted by Crippen LogP contribution is 2.23. The Morgan fingerprint density at radius 1 is 1.05 bits per heavy atom. The summed E-state index contributed by atoms with van der Waals surface area (Å²) < 4.78 is 5.74. The number of aliphatic hydroxyl groups is 1. The molecule has 0 radical (unpaired) electrons. The molecule has 108 valence electrons. The van der Waals surface area contributed by atoms with E-state index in [2.05, 4.69) is 11.8 Å². The highest BCUT2D eigenvalue weighted by atomic mass is 35.5. The number of rotatable bonds is 3. The van der Waals surface area contributed by atoms with Gasteiger partial charge in [-0.3, -0.25) is 0 Å². The molecule has 0 heterocycles. The predicted molar refractivity (Wildman–Crippen MR) is 85.7 cm³/mol. The molecule has 2 aromatic rings. The first kappa shape index (κ1) is 15.4. The molecule has 3 heteroatoms. The van der Waals surface area contributed by atoms with Crippen LogP contribution in [-0.4, -0.2) is 11.2 Å². The van der Waals surface area contributed by atoms with Crippen molar-refractivity contribution in [2.45, 2.75) is 20.0 Å². The fourth-order valence-corrected chi connectivity index (χ4v) is 1.73. The largest absolute Gasteiger partial charge is 0.457 e. The van der Waals surface area contributed by atoms with Gasteiger partial charge in [0, 0.05) is 10.6 Å². The minimum absolute atomic E-state index is 0.117. The molecule has 1 atom stereocenters. The minimum Gasteiger partial charge on any atom is -0.457 e. The van der Waals surface area contributed by atoms with Crippen LogP contribution in [0, 0.1) is 17.8 Å². The second-order valence-electron chi connectivity index (χ2n) is 5.04. The van der Waals surface area contributed by atoms with Gasteiger partial charge in [0.2, 0.25) is 0 Å². The van der Waals surface area contributed by atoms with Gasteiger partial charge in [-0.2, -0.15) is 0 Å². The highest BCUT2D eigenvalue weighted by Gasteiger charge is 2.04. The molecule has 1 N–H and O–H groups in total. The highest BCUT2D eigenvalue weighted by molar-refractivity contribution is 6.30. The summed E-state index contributed by atoms with van der Waals surface area (Å²) in [6, 6.07) is 14.6. The van der Waals surface area contributed by atoms with Gasteiger partial charge in [0.1, 0.15) is 17.6 Å². The molecule has 0 fully saturated rings. The van der Waals surface area contributed by atoms with E-state index >= 15 is 0 Å². The number of benzene rings is 2. The Bertz CT molecular complexity index is 651. The van der Waals surface area contributed by atoms with Crippen LogP contribution >= 0.6 is 11.6 Å². The van der Waals surface area contributed by atoms with Gasteiger partial charge < -0.3 is 9.84 Å². The van der Waals surface area contributed by atoms with Crippen LogP contribution in [0.15, 0.2) is 48.5 Å². The summed E-state index contributed by atoms with van der Waals surface area (Å²) in [4.78, 5) is 0. The van der Waals surface area contributed by atoms with Gasteiger partial charge in [0.25, 0.3) is 0 Å². The van der Waals surface area contributed by atoms with E-state index in [0.717, 1.165) is 5.56 Å². The lowest BCUT2D eigenvalue weighted by Crippen LogP contribution is -2.11. The maximum Gasteiger partial charge on any atom is 0.128 e. The van der Waals surface area contributed by atoms with Crippen molar-refractivity contribution in [1.29, 1.82) is 0 Å². The zero-order chi connectivity index (χ0) is 15.2. The molecule has 1 unspecified atom stereocenters. The monoisotopic (exact) mass is 300 g/mol. The molecule has 0 spiro atoms. The average Bonchev–Trinajstić information content (AvgIpc) is 2.47. The summed E-state index contributed by atoms with van der Waals surface area (Å²) >= 11 is 5.84. The van der Waals surface area contributed by atoms with E-state index in [0.29, 0.717) is 16.5 Å². The second-order valence-corrected chi connectivity index (χ2v) is 5.48. The molecule has 0 aromatic heterocycles. The first-order valence-electron chi connectivity index (χ1n) is 6.77. The van der Waals surface area contributed by atoms with Crippen molar-refractivity contribution in [3.8, 4) is 23.3 Å². The molecule has 0 saturated carbocycles. The summed E-state index contributed by atoms with van der Waals surface area (Å²) in [5, 5.41) is 10.4. The van der Waals surface area contributed by atoms with Gasteiger partial charge in [0.05, 0.1) is 0 Å². The second kappa shape index (κ2) is 7.17. The molecule has 2 rings (SSSR count). The summed E-state index contributed by atoms with van der Waals surface area (Å²) in [5.74, 6) is 7.32. The van der Waals surface area contributed by atoms with Crippen LogP contribution in [0.1, 0.15) is 19.4 Å². The van der Waals surface area contributed by atoms with Crippen molar-refractivity contribution < 1.29 is 9.84 Å². The van der Waals surface area contributed by atoms with Crippen LogP contribution in [0.2, 0.25) is 5.02 Å². The van der Waals surface area contributed by atoms with Crippen molar-refractivity contribution in [3.05, 3.63) is 59.1 Å². The quantitative estimate of drug-likeness (QED) is 0.846. The molecular weight excluding hydrogens is 284 g/mol. The molecule has 0 amide bonds. The third-order valence-corrected chi connectivity index (χ3v) is 3.13. The van der Waals surface area contributed by atoms with E-state index in [1.807, 2.05) is 50.2 Å². The fraction of sp³-hybridized carbons (Fsp3) is 0.222. The molecule has 2 nitrogen and oxygen atoms in total. The summed E-state index contributed by atoms with van der Waals surface area (Å²) in [6.07, 6.45) is -0.620. The maximum absolute atomic E-state index is 9.70. The number of hydrogen-bond donors (Lipinski definition) is 1. The molecule has 0 aliphatic heterocycles. The molecule has 0 saturated heterocycles. The van der Waals surface area contributed by atoms with Crippen LogP contribution in [0.4, 0.5) is 0 Å². The topological polar surface area (TPSA) is 29.5 Å². The first-order chi connectivity index (χ1) is 10.0. The third-order valence-electron chi connectivity index (χ3n) is 2.88. The van der Waals surface area contributed by atoms with Gasteiger partial charge in [-0.25, -0.2) is 0 Å². The van der Waals surface area contributed by atoms with Crippen LogP contribution < -0.4 is 4.74 Å². The van der Waals surface area contributed by atoms with Crippen LogP contribution in [0.3, 0.4) is 0 Å². The summed E-state index contributed by atoms with van der Waals surface area (Å²) in [6.45, 7) is 3.86. The zero-order valence-electron chi connectivity index (χ0n) is 12.0. The van der Waals surface area contributed by atoms with E-state index < -0.39 is 6.10 Å². The average molecular weight is 301 g/mol. The van der Waals surface area contributed by atoms with Crippen LogP contribution in [0.25, 0.3) is 0 Å². The Hall–Kier alpha value is -1.95. The van der Waals surface area contributed by atoms with Crippen LogP contribution in [0.5, 0.6) is 11.5 Å². The Morgan fingerprint density at radius 2 is 1.76 bits per heavy atom. The van der Waals surface area contributed by atoms with E-state index in [1.165, 1.54) is 0 Å². The molecule has 0 aliphatic rings. The van der Waals surface area contributed by atoms with Crippen molar-refractivity contribution in [2.75, 3.05) is 0 Å². The summed E-state index contributed by atoms with van der Waals surface area (Å²) in [5.41, 5.74) is 0.807. The standard InChI is InChI=1S/C18H17ClO2/c1-13(2)18(20)11-6-14-4-3-5-17(12-14)21-16-9-7-15(19)8-10-16/h3-5,7-10,12-13,18,20H,1-2H3. The Morgan fingerprint density at radius 3 is 2.43 bits per heavy atom. The van der Waals surface area contributed by atoms with Crippen molar-refractivity contribution in [1.82, 2.24) is 0 Å². The van der Waals surface area contributed by atoms with Gasteiger partial charge >= 0.3 is 0 Å². The number of aliphatic hydroxyl groups excluding tert-OH is 1. The van der Waals surface area contributed by atoms with E-state index in [-0.39, 0.29) is 5.92 Å². The maximum atomic E-state index is 9.70. The van der Waals surface area contributed by atoms with E-state index in [1.54, 1.807) is 12.1 Å². The van der Waals surface area contributed by atoms with Gasteiger partial charge in [-0.15, -0.1) is 0 Å². The minimum atomic E-state index is -0.620. The van der Waals surface area contributed by atoms with Crippen LogP contribution in [-0.2, 0) is 0 Å². The van der Waals surface area contributed by atoms with Crippen molar-refractivity contribution in [2.24, 2.45) is 5.92 Å². The van der Waals surface area contributed by atoms with E-state index in [9.17, 15) is 5.11 Å². The number of ether oxygens (including phenoxy) is 1.